The number of aryl methyl sites for hydroxylation is 1. The van der Waals surface area contributed by atoms with E-state index in [1.165, 1.54) is 0 Å². The van der Waals surface area contributed by atoms with Gasteiger partial charge in [0.1, 0.15) is 11.4 Å². The van der Waals surface area contributed by atoms with E-state index in [2.05, 4.69) is 12.2 Å². The molecule has 0 heterocycles. The molecule has 0 bridgehead atoms. The Morgan fingerprint density at radius 1 is 1.30 bits per heavy atom. The maximum absolute atomic E-state index is 12.6. The van der Waals surface area contributed by atoms with E-state index >= 15 is 0 Å². The second-order valence-electron chi connectivity index (χ2n) is 6.49. The van der Waals surface area contributed by atoms with Crippen molar-refractivity contribution in [3.8, 4) is 5.75 Å². The zero-order valence-electron chi connectivity index (χ0n) is 15.4. The molecule has 0 fully saturated rings. The van der Waals surface area contributed by atoms with Gasteiger partial charge >= 0.3 is 0 Å². The van der Waals surface area contributed by atoms with E-state index < -0.39 is 5.60 Å². The Kier molecular flexibility index (Phi) is 7.56. The van der Waals surface area contributed by atoms with Gasteiger partial charge in [-0.1, -0.05) is 26.2 Å². The summed E-state index contributed by atoms with van der Waals surface area (Å²) >= 11 is 0. The lowest BCUT2D eigenvalue weighted by Crippen LogP contribution is -2.41. The summed E-state index contributed by atoms with van der Waals surface area (Å²) < 4.78 is 11.2. The highest BCUT2D eigenvalue weighted by atomic mass is 16.5. The third-order valence-corrected chi connectivity index (χ3v) is 3.98. The van der Waals surface area contributed by atoms with Crippen LogP contribution in [0.1, 0.15) is 58.9 Å². The average Bonchev–Trinajstić information content (AvgIpc) is 2.49. The van der Waals surface area contributed by atoms with Gasteiger partial charge in [-0.3, -0.25) is 4.79 Å². The molecule has 130 valence electrons. The standard InChI is InChI=1S/C19H31NO3/c1-7-8-9-12-19(5,22-6)18(21)20-16-10-11-17(15(4)13-16)23-14(2)3/h10-11,13-14H,7-9,12H2,1-6H3,(H,20,21)/t19-/m1/s1. The van der Waals surface area contributed by atoms with Crippen molar-refractivity contribution >= 4 is 11.6 Å². The minimum Gasteiger partial charge on any atom is -0.491 e. The molecule has 1 aromatic carbocycles. The summed E-state index contributed by atoms with van der Waals surface area (Å²) in [6.45, 7) is 9.96. The van der Waals surface area contributed by atoms with Crippen molar-refractivity contribution in [2.24, 2.45) is 0 Å². The van der Waals surface area contributed by atoms with Crippen molar-refractivity contribution in [1.82, 2.24) is 0 Å². The first-order chi connectivity index (χ1) is 10.8. The highest BCUT2D eigenvalue weighted by molar-refractivity contribution is 5.97. The average molecular weight is 321 g/mol. The number of carbonyl (C=O) groups is 1. The summed E-state index contributed by atoms with van der Waals surface area (Å²) in [5, 5.41) is 2.96. The van der Waals surface area contributed by atoms with Crippen LogP contribution < -0.4 is 10.1 Å². The van der Waals surface area contributed by atoms with Crippen molar-refractivity contribution in [1.29, 1.82) is 0 Å². The summed E-state index contributed by atoms with van der Waals surface area (Å²) in [7, 11) is 1.59. The fourth-order valence-electron chi connectivity index (χ4n) is 2.40. The number of hydrogen-bond donors (Lipinski definition) is 1. The van der Waals surface area contributed by atoms with Gasteiger partial charge < -0.3 is 14.8 Å². The van der Waals surface area contributed by atoms with Gasteiger partial charge in [0.05, 0.1) is 6.10 Å². The van der Waals surface area contributed by atoms with E-state index in [4.69, 9.17) is 9.47 Å². The molecule has 1 N–H and O–H groups in total. The Bertz CT molecular complexity index is 513. The van der Waals surface area contributed by atoms with Crippen LogP contribution in [0, 0.1) is 6.92 Å². The highest BCUT2D eigenvalue weighted by Gasteiger charge is 2.32. The minimum atomic E-state index is -0.795. The lowest BCUT2D eigenvalue weighted by Gasteiger charge is -2.27. The van der Waals surface area contributed by atoms with E-state index in [0.717, 1.165) is 42.7 Å². The molecule has 0 saturated carbocycles. The third kappa shape index (κ3) is 5.87. The van der Waals surface area contributed by atoms with Gasteiger partial charge in [0.15, 0.2) is 0 Å². The number of amides is 1. The van der Waals surface area contributed by atoms with Gasteiger partial charge in [-0.2, -0.15) is 0 Å². The van der Waals surface area contributed by atoms with Crippen LogP contribution in [0.3, 0.4) is 0 Å². The van der Waals surface area contributed by atoms with E-state index in [1.54, 1.807) is 7.11 Å². The number of nitrogens with one attached hydrogen (secondary N) is 1. The summed E-state index contributed by atoms with van der Waals surface area (Å²) in [4.78, 5) is 12.6. The molecule has 0 aromatic heterocycles. The fourth-order valence-corrected chi connectivity index (χ4v) is 2.40. The first-order valence-electron chi connectivity index (χ1n) is 8.46. The Hall–Kier alpha value is -1.55. The first kappa shape index (κ1) is 19.5. The maximum Gasteiger partial charge on any atom is 0.256 e. The van der Waals surface area contributed by atoms with Crippen LogP contribution >= 0.6 is 0 Å². The van der Waals surface area contributed by atoms with Crippen molar-refractivity contribution in [3.05, 3.63) is 23.8 Å². The van der Waals surface area contributed by atoms with Gasteiger partial charge in [0.25, 0.3) is 5.91 Å². The molecule has 0 radical (unpaired) electrons. The Morgan fingerprint density at radius 3 is 2.52 bits per heavy atom. The number of rotatable bonds is 9. The molecule has 0 spiro atoms. The molecule has 23 heavy (non-hydrogen) atoms. The van der Waals surface area contributed by atoms with E-state index in [9.17, 15) is 4.79 Å². The summed E-state index contributed by atoms with van der Waals surface area (Å²) in [5.74, 6) is 0.739. The van der Waals surface area contributed by atoms with Crippen LogP contribution in [-0.4, -0.2) is 24.7 Å². The SMILES string of the molecule is CCCCC[C@@](C)(OC)C(=O)Nc1ccc(OC(C)C)c(C)c1. The molecule has 0 unspecified atom stereocenters. The van der Waals surface area contributed by atoms with Crippen LogP contribution in [0.15, 0.2) is 18.2 Å². The van der Waals surface area contributed by atoms with Crippen LogP contribution in [0.25, 0.3) is 0 Å². The fraction of sp³-hybridized carbons (Fsp3) is 0.632. The van der Waals surface area contributed by atoms with Crippen LogP contribution in [-0.2, 0) is 9.53 Å². The van der Waals surface area contributed by atoms with Gasteiger partial charge in [-0.15, -0.1) is 0 Å². The van der Waals surface area contributed by atoms with Crippen LogP contribution in [0.4, 0.5) is 5.69 Å². The van der Waals surface area contributed by atoms with E-state index in [-0.39, 0.29) is 12.0 Å². The molecular weight excluding hydrogens is 290 g/mol. The lowest BCUT2D eigenvalue weighted by molar-refractivity contribution is -0.136. The highest BCUT2D eigenvalue weighted by Crippen LogP contribution is 2.25. The molecule has 4 nitrogen and oxygen atoms in total. The maximum atomic E-state index is 12.6. The largest absolute Gasteiger partial charge is 0.491 e. The Balaban J connectivity index is 2.77. The van der Waals surface area contributed by atoms with Crippen molar-refractivity contribution in [2.45, 2.75) is 72.0 Å². The lowest BCUT2D eigenvalue weighted by atomic mass is 9.97. The molecule has 1 atom stereocenters. The van der Waals surface area contributed by atoms with Gasteiger partial charge in [-0.25, -0.2) is 0 Å². The third-order valence-electron chi connectivity index (χ3n) is 3.98. The predicted molar refractivity (Wildman–Crippen MR) is 95.1 cm³/mol. The van der Waals surface area contributed by atoms with Crippen molar-refractivity contribution in [3.63, 3.8) is 0 Å². The number of carbonyl (C=O) groups excluding carboxylic acids is 1. The monoisotopic (exact) mass is 321 g/mol. The number of ether oxygens (including phenoxy) is 2. The normalized spacial score (nSPS) is 13.7. The summed E-state index contributed by atoms with van der Waals surface area (Å²) in [6.07, 6.45) is 4.06. The smallest absolute Gasteiger partial charge is 0.256 e. The van der Waals surface area contributed by atoms with Gasteiger partial charge in [0.2, 0.25) is 0 Å². The van der Waals surface area contributed by atoms with E-state index in [1.807, 2.05) is 45.9 Å². The van der Waals surface area contributed by atoms with Crippen molar-refractivity contribution < 1.29 is 14.3 Å². The molecule has 4 heteroatoms. The number of hydrogen-bond acceptors (Lipinski definition) is 3. The molecule has 1 aromatic rings. The number of unbranched alkanes of at least 4 members (excludes halogenated alkanes) is 2. The molecule has 1 rings (SSSR count). The molecule has 0 aliphatic heterocycles. The van der Waals surface area contributed by atoms with Crippen LogP contribution in [0.2, 0.25) is 0 Å². The van der Waals surface area contributed by atoms with Gasteiger partial charge in [-0.05, 0) is 57.9 Å². The van der Waals surface area contributed by atoms with Gasteiger partial charge in [0, 0.05) is 12.8 Å². The molecule has 0 aliphatic carbocycles. The number of anilines is 1. The van der Waals surface area contributed by atoms with Crippen LogP contribution in [0.5, 0.6) is 5.75 Å². The molecular formula is C19H31NO3. The summed E-state index contributed by atoms with van der Waals surface area (Å²) in [6, 6.07) is 5.69. The second-order valence-corrected chi connectivity index (χ2v) is 6.49. The Labute approximate surface area is 140 Å². The molecule has 0 aliphatic rings. The zero-order valence-corrected chi connectivity index (χ0v) is 15.4. The molecule has 1 amide bonds. The second kappa shape index (κ2) is 8.92. The minimum absolute atomic E-state index is 0.104. The van der Waals surface area contributed by atoms with Crippen molar-refractivity contribution in [2.75, 3.05) is 12.4 Å². The molecule has 0 saturated heterocycles. The summed E-state index contributed by atoms with van der Waals surface area (Å²) in [5.41, 5.74) is 0.972. The Morgan fingerprint density at radius 2 is 2.00 bits per heavy atom. The topological polar surface area (TPSA) is 47.6 Å². The predicted octanol–water partition coefficient (Wildman–Crippen LogP) is 4.71. The number of methoxy groups -OCH3 is 1. The van der Waals surface area contributed by atoms with E-state index in [0.29, 0.717) is 0 Å². The first-order valence-corrected chi connectivity index (χ1v) is 8.46. The zero-order chi connectivity index (χ0) is 17.5. The number of benzene rings is 1. The quantitative estimate of drug-likeness (QED) is 0.670.